The Morgan fingerprint density at radius 2 is 2.15 bits per heavy atom. The Morgan fingerprint density at radius 1 is 1.30 bits per heavy atom. The highest BCUT2D eigenvalue weighted by atomic mass is 16.5. The predicted octanol–water partition coefficient (Wildman–Crippen LogP) is 3.28. The fourth-order valence-electron chi connectivity index (χ4n) is 3.37. The van der Waals surface area contributed by atoms with Crippen molar-refractivity contribution < 1.29 is 14.6 Å². The van der Waals surface area contributed by atoms with Gasteiger partial charge >= 0.3 is 5.97 Å². The smallest absolute Gasteiger partial charge is 0.337 e. The van der Waals surface area contributed by atoms with E-state index in [0.717, 1.165) is 23.3 Å². The summed E-state index contributed by atoms with van der Waals surface area (Å²) in [6.45, 7) is 2.54. The molecule has 4 rings (SSSR count). The number of benzene rings is 1. The van der Waals surface area contributed by atoms with Gasteiger partial charge in [0.1, 0.15) is 11.4 Å². The van der Waals surface area contributed by atoms with Crippen LogP contribution in [0, 0.1) is 0 Å². The summed E-state index contributed by atoms with van der Waals surface area (Å²) in [4.78, 5) is 28.6. The van der Waals surface area contributed by atoms with Crippen molar-refractivity contribution in [1.29, 1.82) is 0 Å². The summed E-state index contributed by atoms with van der Waals surface area (Å²) in [5.74, 6) is -0.267. The molecule has 6 nitrogen and oxygen atoms in total. The summed E-state index contributed by atoms with van der Waals surface area (Å²) in [5.41, 5.74) is 3.62. The number of pyridine rings is 1. The largest absolute Gasteiger partial charge is 0.494 e. The third kappa shape index (κ3) is 3.10. The molecule has 1 N–H and O–H groups in total. The van der Waals surface area contributed by atoms with Crippen LogP contribution in [0.4, 0.5) is 0 Å². The zero-order valence-electron chi connectivity index (χ0n) is 14.8. The second-order valence-corrected chi connectivity index (χ2v) is 6.37. The molecule has 0 fully saturated rings. The number of nitrogens with zero attached hydrogens (tertiary/aromatic N) is 2. The monoisotopic (exact) mass is 362 g/mol. The maximum atomic E-state index is 12.8. The minimum absolute atomic E-state index is 0.0628. The van der Waals surface area contributed by atoms with Crippen LogP contribution in [0.5, 0.6) is 5.75 Å². The Bertz CT molecular complexity index is 1140. The number of hydrogen-bond donors (Lipinski definition) is 1. The van der Waals surface area contributed by atoms with Gasteiger partial charge in [-0.25, -0.2) is 9.78 Å². The molecule has 0 saturated carbocycles. The zero-order valence-corrected chi connectivity index (χ0v) is 14.8. The van der Waals surface area contributed by atoms with Gasteiger partial charge in [0.2, 0.25) is 0 Å². The third-order valence-electron chi connectivity index (χ3n) is 4.62. The normalized spacial score (nSPS) is 14.5. The van der Waals surface area contributed by atoms with Crippen LogP contribution in [0.2, 0.25) is 0 Å². The third-order valence-corrected chi connectivity index (χ3v) is 4.62. The van der Waals surface area contributed by atoms with Crippen molar-refractivity contribution in [2.75, 3.05) is 6.61 Å². The highest BCUT2D eigenvalue weighted by Crippen LogP contribution is 2.31. The number of hydrogen-bond acceptors (Lipinski definition) is 4. The summed E-state index contributed by atoms with van der Waals surface area (Å²) >= 11 is 0. The van der Waals surface area contributed by atoms with Crippen LogP contribution in [0.15, 0.2) is 47.4 Å². The maximum absolute atomic E-state index is 12.8. The fourth-order valence-corrected chi connectivity index (χ4v) is 3.37. The summed E-state index contributed by atoms with van der Waals surface area (Å²) in [7, 11) is 0. The van der Waals surface area contributed by atoms with Crippen molar-refractivity contribution in [2.45, 2.75) is 19.8 Å². The van der Waals surface area contributed by atoms with Gasteiger partial charge in [-0.05, 0) is 61.2 Å². The van der Waals surface area contributed by atoms with Crippen molar-refractivity contribution in [1.82, 2.24) is 9.38 Å². The van der Waals surface area contributed by atoms with Crippen molar-refractivity contribution in [3.8, 4) is 5.75 Å². The van der Waals surface area contributed by atoms with E-state index in [-0.39, 0.29) is 11.1 Å². The number of aromatic carboxylic acids is 1. The van der Waals surface area contributed by atoms with Gasteiger partial charge in [-0.2, -0.15) is 0 Å². The topological polar surface area (TPSA) is 80.9 Å². The van der Waals surface area contributed by atoms with Gasteiger partial charge in [0.05, 0.1) is 17.9 Å². The number of carboxylic acid groups (broad SMARTS) is 1. The molecule has 0 aliphatic heterocycles. The Kier molecular flexibility index (Phi) is 4.24. The number of allylic oxidation sites excluding steroid dienone is 1. The summed E-state index contributed by atoms with van der Waals surface area (Å²) in [5, 5.41) is 9.14. The standard InChI is InChI=1S/C21H18N2O4/c1-2-27-16-5-3-4-13(11-16)10-14-6-8-17-19(14)22-18-9-7-15(21(25)26)12-23(18)20(17)24/h3-5,7,9-12H,2,6,8H2,1H3,(H,25,26). The van der Waals surface area contributed by atoms with Crippen molar-refractivity contribution in [3.63, 3.8) is 0 Å². The fraction of sp³-hybridized carbons (Fsp3) is 0.190. The van der Waals surface area contributed by atoms with Gasteiger partial charge in [-0.15, -0.1) is 0 Å². The molecule has 2 heterocycles. The van der Waals surface area contributed by atoms with Gasteiger partial charge in [0.25, 0.3) is 5.56 Å². The first-order chi connectivity index (χ1) is 13.1. The molecule has 2 aromatic heterocycles. The van der Waals surface area contributed by atoms with Crippen LogP contribution in [0.3, 0.4) is 0 Å². The lowest BCUT2D eigenvalue weighted by atomic mass is 10.1. The van der Waals surface area contributed by atoms with Gasteiger partial charge < -0.3 is 9.84 Å². The molecule has 6 heteroatoms. The van der Waals surface area contributed by atoms with Gasteiger partial charge in [-0.3, -0.25) is 9.20 Å². The van der Waals surface area contributed by atoms with Crippen molar-refractivity contribution in [2.24, 2.45) is 0 Å². The van der Waals surface area contributed by atoms with E-state index in [1.54, 1.807) is 6.07 Å². The average Bonchev–Trinajstić information content (AvgIpc) is 3.05. The SMILES string of the molecule is CCOc1cccc(C=C2CCc3c2nc2ccc(C(=O)O)cn2c3=O)c1. The van der Waals surface area contributed by atoms with Crippen molar-refractivity contribution in [3.05, 3.63) is 75.3 Å². The molecular formula is C21H18N2O4. The molecular weight excluding hydrogens is 344 g/mol. The Balaban J connectivity index is 1.81. The summed E-state index contributed by atoms with van der Waals surface area (Å²) in [6, 6.07) is 10.8. The van der Waals surface area contributed by atoms with E-state index in [2.05, 4.69) is 4.98 Å². The predicted molar refractivity (Wildman–Crippen MR) is 102 cm³/mol. The first-order valence-electron chi connectivity index (χ1n) is 8.79. The molecule has 0 bridgehead atoms. The van der Waals surface area contributed by atoms with E-state index in [1.807, 2.05) is 37.3 Å². The molecule has 1 aliphatic rings. The minimum Gasteiger partial charge on any atom is -0.494 e. The number of carbonyl (C=O) groups is 1. The Hall–Kier alpha value is -3.41. The number of rotatable bonds is 4. The highest BCUT2D eigenvalue weighted by Gasteiger charge is 2.23. The molecule has 3 aromatic rings. The molecule has 0 saturated heterocycles. The van der Waals surface area contributed by atoms with E-state index in [1.165, 1.54) is 16.7 Å². The van der Waals surface area contributed by atoms with Crippen LogP contribution in [0.25, 0.3) is 17.3 Å². The second-order valence-electron chi connectivity index (χ2n) is 6.37. The van der Waals surface area contributed by atoms with E-state index in [0.29, 0.717) is 29.9 Å². The van der Waals surface area contributed by atoms with Crippen LogP contribution >= 0.6 is 0 Å². The maximum Gasteiger partial charge on any atom is 0.337 e. The second kappa shape index (κ2) is 6.72. The van der Waals surface area contributed by atoms with E-state index >= 15 is 0 Å². The quantitative estimate of drug-likeness (QED) is 0.770. The van der Waals surface area contributed by atoms with Gasteiger partial charge in [0.15, 0.2) is 0 Å². The molecule has 27 heavy (non-hydrogen) atoms. The van der Waals surface area contributed by atoms with Crippen LogP contribution in [-0.4, -0.2) is 27.1 Å². The molecule has 0 radical (unpaired) electrons. The highest BCUT2D eigenvalue weighted by molar-refractivity contribution is 5.88. The van der Waals surface area contributed by atoms with Gasteiger partial charge in [-0.1, -0.05) is 12.1 Å². The van der Waals surface area contributed by atoms with Crippen LogP contribution in [0.1, 0.15) is 40.5 Å². The molecule has 1 aromatic carbocycles. The number of carboxylic acids is 1. The minimum atomic E-state index is -1.07. The number of ether oxygens (including phenoxy) is 1. The van der Waals surface area contributed by atoms with E-state index in [4.69, 9.17) is 9.84 Å². The molecule has 0 unspecified atom stereocenters. The lowest BCUT2D eigenvalue weighted by Gasteiger charge is -2.07. The van der Waals surface area contributed by atoms with E-state index < -0.39 is 5.97 Å². The van der Waals surface area contributed by atoms with Crippen LogP contribution in [-0.2, 0) is 6.42 Å². The number of fused-ring (bicyclic) bond motifs is 2. The first-order valence-corrected chi connectivity index (χ1v) is 8.79. The zero-order chi connectivity index (χ0) is 19.0. The van der Waals surface area contributed by atoms with Crippen molar-refractivity contribution >= 4 is 23.3 Å². The summed E-state index contributed by atoms with van der Waals surface area (Å²) in [6.07, 6.45) is 4.68. The number of aromatic nitrogens is 2. The summed E-state index contributed by atoms with van der Waals surface area (Å²) < 4.78 is 6.86. The first kappa shape index (κ1) is 17.0. The average molecular weight is 362 g/mol. The lowest BCUT2D eigenvalue weighted by molar-refractivity contribution is 0.0696. The lowest BCUT2D eigenvalue weighted by Crippen LogP contribution is -2.20. The van der Waals surface area contributed by atoms with E-state index in [9.17, 15) is 9.59 Å². The molecule has 0 atom stereocenters. The Morgan fingerprint density at radius 3 is 2.93 bits per heavy atom. The molecule has 0 spiro atoms. The Labute approximate surface area is 155 Å². The molecule has 0 amide bonds. The molecule has 1 aliphatic carbocycles. The molecule has 136 valence electrons. The van der Waals surface area contributed by atoms with Gasteiger partial charge in [0, 0.05) is 11.8 Å². The van der Waals surface area contributed by atoms with Crippen LogP contribution < -0.4 is 10.3 Å².